The van der Waals surface area contributed by atoms with Gasteiger partial charge in [0.05, 0.1) is 0 Å². The van der Waals surface area contributed by atoms with E-state index >= 15 is 0 Å². The molecule has 0 rings (SSSR count). The second kappa shape index (κ2) is 69.8. The van der Waals surface area contributed by atoms with Gasteiger partial charge in [-0.25, -0.2) is 0 Å². The maximum absolute atomic E-state index is 13.0. The van der Waals surface area contributed by atoms with Crippen molar-refractivity contribution in [3.8, 4) is 0 Å². The van der Waals surface area contributed by atoms with Gasteiger partial charge in [-0.15, -0.1) is 0 Å². The van der Waals surface area contributed by atoms with Gasteiger partial charge in [-0.05, 0) is 141 Å². The molecule has 0 aliphatic heterocycles. The first-order chi connectivity index (χ1) is 41.0. The molecule has 6 heteroatoms. The summed E-state index contributed by atoms with van der Waals surface area (Å²) in [5.41, 5.74) is 0. The minimum absolute atomic E-state index is 0.102. The lowest BCUT2D eigenvalue weighted by Crippen LogP contribution is -2.30. The Morgan fingerprint density at radius 1 is 0.253 bits per heavy atom. The van der Waals surface area contributed by atoms with Crippen molar-refractivity contribution in [2.24, 2.45) is 0 Å². The van der Waals surface area contributed by atoms with Crippen molar-refractivity contribution in [1.82, 2.24) is 0 Å². The summed E-state index contributed by atoms with van der Waals surface area (Å²) in [5, 5.41) is 0. The van der Waals surface area contributed by atoms with Crippen molar-refractivity contribution in [3.63, 3.8) is 0 Å². The number of carbonyl (C=O) groups excluding carboxylic acids is 3. The molecule has 83 heavy (non-hydrogen) atoms. The highest BCUT2D eigenvalue weighted by molar-refractivity contribution is 5.71. The van der Waals surface area contributed by atoms with Crippen LogP contribution in [0.5, 0.6) is 0 Å². The first-order valence-corrected chi connectivity index (χ1v) is 34.3. The Hall–Kier alpha value is -4.71. The summed E-state index contributed by atoms with van der Waals surface area (Å²) in [4.78, 5) is 38.5. The summed E-state index contributed by atoms with van der Waals surface area (Å²) in [7, 11) is 0. The van der Waals surface area contributed by atoms with Crippen LogP contribution in [0.2, 0.25) is 0 Å². The monoisotopic (exact) mass is 1150 g/mol. The molecule has 0 aromatic carbocycles. The van der Waals surface area contributed by atoms with Crippen LogP contribution in [-0.4, -0.2) is 37.2 Å². The van der Waals surface area contributed by atoms with Crippen molar-refractivity contribution < 1.29 is 28.6 Å². The molecule has 1 atom stereocenters. The molecule has 0 aromatic rings. The zero-order chi connectivity index (χ0) is 59.9. The van der Waals surface area contributed by atoms with Gasteiger partial charge in [0.1, 0.15) is 13.2 Å². The van der Waals surface area contributed by atoms with Crippen molar-refractivity contribution in [1.29, 1.82) is 0 Å². The molecule has 0 bridgehead atoms. The molecule has 0 heterocycles. The molecule has 0 aliphatic rings. The number of esters is 3. The predicted octanol–water partition coefficient (Wildman–Crippen LogP) is 23.9. The van der Waals surface area contributed by atoms with Crippen molar-refractivity contribution in [2.75, 3.05) is 13.2 Å². The molecule has 0 amide bonds. The summed E-state index contributed by atoms with van der Waals surface area (Å²) < 4.78 is 16.9. The molecule has 0 saturated carbocycles. The molecular formula is C77H126O6. The number of unbranched alkanes of at least 4 members (excludes halogenated alkanes) is 26. The first-order valence-electron chi connectivity index (χ1n) is 34.3. The fourth-order valence-corrected chi connectivity index (χ4v) is 9.23. The average Bonchev–Trinajstić information content (AvgIpc) is 3.49. The third kappa shape index (κ3) is 68.0. The minimum atomic E-state index is -0.806. The highest BCUT2D eigenvalue weighted by atomic mass is 16.6. The number of hydrogen-bond donors (Lipinski definition) is 0. The fraction of sp³-hybridized carbons (Fsp3) is 0.649. The standard InChI is InChI=1S/C77H126O6/c1-4-7-10-13-16-19-22-25-28-31-33-35-36-37-38-39-40-42-43-46-49-52-55-58-61-64-67-70-76(79)82-73-74(72-81-75(78)69-66-63-60-57-54-51-48-45-30-27-24-21-18-15-12-9-6-3)83-77(80)71-68-65-62-59-56-53-50-47-44-41-34-32-29-26-23-20-17-14-11-8-5-2/h7,9-10,12,16,18-19,21,25,27-28,30,32-35,37-38,40,42,46,48-49,51,74H,4-6,8,11,13-15,17,20,22-24,26,29,31,36,39,41,43-45,47,50,52-73H2,1-3H3/b10-7-,12-9-,19-16-,21-18-,28-25-,30-27-,34-32-,35-33-,38-37-,42-40-,49-46-,51-48-. The molecular weight excluding hydrogens is 1020 g/mol. The van der Waals surface area contributed by atoms with E-state index in [1.807, 2.05) is 0 Å². The molecule has 1 unspecified atom stereocenters. The number of ether oxygens (including phenoxy) is 3. The van der Waals surface area contributed by atoms with Crippen LogP contribution in [0.3, 0.4) is 0 Å². The van der Waals surface area contributed by atoms with Gasteiger partial charge in [0.15, 0.2) is 6.10 Å². The summed E-state index contributed by atoms with van der Waals surface area (Å²) >= 11 is 0. The van der Waals surface area contributed by atoms with E-state index in [9.17, 15) is 14.4 Å². The summed E-state index contributed by atoms with van der Waals surface area (Å²) in [6.45, 7) is 6.39. The van der Waals surface area contributed by atoms with Crippen LogP contribution in [0.25, 0.3) is 0 Å². The fourth-order valence-electron chi connectivity index (χ4n) is 9.23. The van der Waals surface area contributed by atoms with Crippen molar-refractivity contribution in [3.05, 3.63) is 146 Å². The molecule has 0 aliphatic carbocycles. The lowest BCUT2D eigenvalue weighted by molar-refractivity contribution is -0.167. The molecule has 0 spiro atoms. The van der Waals surface area contributed by atoms with Crippen LogP contribution in [0, 0.1) is 0 Å². The van der Waals surface area contributed by atoms with Crippen molar-refractivity contribution >= 4 is 17.9 Å². The van der Waals surface area contributed by atoms with E-state index in [2.05, 4.69) is 167 Å². The van der Waals surface area contributed by atoms with Gasteiger partial charge in [0, 0.05) is 19.3 Å². The third-order valence-electron chi connectivity index (χ3n) is 14.3. The smallest absolute Gasteiger partial charge is 0.306 e. The number of carbonyl (C=O) groups is 3. The largest absolute Gasteiger partial charge is 0.462 e. The van der Waals surface area contributed by atoms with Gasteiger partial charge >= 0.3 is 17.9 Å². The Labute approximate surface area is 512 Å². The lowest BCUT2D eigenvalue weighted by Gasteiger charge is -2.18. The van der Waals surface area contributed by atoms with E-state index in [0.717, 1.165) is 161 Å². The second-order valence-corrected chi connectivity index (χ2v) is 22.3. The maximum Gasteiger partial charge on any atom is 0.306 e. The Morgan fingerprint density at radius 2 is 0.470 bits per heavy atom. The van der Waals surface area contributed by atoms with E-state index in [0.29, 0.717) is 19.3 Å². The Kier molecular flexibility index (Phi) is 65.8. The lowest BCUT2D eigenvalue weighted by atomic mass is 10.1. The normalized spacial score (nSPS) is 13.0. The highest BCUT2D eigenvalue weighted by Gasteiger charge is 2.19. The van der Waals surface area contributed by atoms with Gasteiger partial charge in [0.2, 0.25) is 0 Å². The van der Waals surface area contributed by atoms with Crippen LogP contribution in [0.1, 0.15) is 303 Å². The van der Waals surface area contributed by atoms with Crippen molar-refractivity contribution in [2.45, 2.75) is 309 Å². The second-order valence-electron chi connectivity index (χ2n) is 22.3. The van der Waals surface area contributed by atoms with Gasteiger partial charge in [-0.2, -0.15) is 0 Å². The molecule has 0 fully saturated rings. The van der Waals surface area contributed by atoms with E-state index < -0.39 is 6.10 Å². The van der Waals surface area contributed by atoms with Crippen LogP contribution < -0.4 is 0 Å². The molecule has 0 radical (unpaired) electrons. The first kappa shape index (κ1) is 78.3. The Balaban J connectivity index is 4.46. The predicted molar refractivity (Wildman–Crippen MR) is 362 cm³/mol. The van der Waals surface area contributed by atoms with Crippen LogP contribution in [0.15, 0.2) is 146 Å². The summed E-state index contributed by atoms with van der Waals surface area (Å²) in [6.07, 6.45) is 100.0. The zero-order valence-corrected chi connectivity index (χ0v) is 53.9. The number of allylic oxidation sites excluding steroid dienone is 24. The zero-order valence-electron chi connectivity index (χ0n) is 53.9. The number of rotatable bonds is 61. The Morgan fingerprint density at radius 3 is 0.747 bits per heavy atom. The molecule has 0 saturated heterocycles. The van der Waals surface area contributed by atoms with Gasteiger partial charge in [-0.3, -0.25) is 14.4 Å². The summed E-state index contributed by atoms with van der Waals surface area (Å²) in [5.74, 6) is -0.940. The highest BCUT2D eigenvalue weighted by Crippen LogP contribution is 2.15. The minimum Gasteiger partial charge on any atom is -0.462 e. The molecule has 6 nitrogen and oxygen atoms in total. The maximum atomic E-state index is 13.0. The average molecular weight is 1150 g/mol. The third-order valence-corrected chi connectivity index (χ3v) is 14.3. The van der Waals surface area contributed by atoms with E-state index in [1.54, 1.807) is 0 Å². The number of hydrogen-bond acceptors (Lipinski definition) is 6. The van der Waals surface area contributed by atoms with E-state index in [1.165, 1.54) is 103 Å². The van der Waals surface area contributed by atoms with Crippen LogP contribution in [-0.2, 0) is 28.6 Å². The van der Waals surface area contributed by atoms with Gasteiger partial charge in [-0.1, -0.05) is 289 Å². The quantitative estimate of drug-likeness (QED) is 0.0261. The molecule has 0 N–H and O–H groups in total. The van der Waals surface area contributed by atoms with E-state index in [4.69, 9.17) is 14.2 Å². The SMILES string of the molecule is CC/C=C\C/C=C\C/C=C\C/C=C\C/C=C\C/C=C\C/C=C\CCCCCCCC(=O)OCC(COC(=O)CCCCCC/C=C\C/C=C\C/C=C\C/C=C\CC)OC(=O)CCCCCCCCCCC/C=C\CCCCCCCCCC. The topological polar surface area (TPSA) is 78.9 Å². The van der Waals surface area contributed by atoms with E-state index in [-0.39, 0.29) is 31.1 Å². The Bertz CT molecular complexity index is 1800. The van der Waals surface area contributed by atoms with Crippen LogP contribution >= 0.6 is 0 Å². The van der Waals surface area contributed by atoms with Gasteiger partial charge < -0.3 is 14.2 Å². The molecule has 470 valence electrons. The summed E-state index contributed by atoms with van der Waals surface area (Å²) in [6, 6.07) is 0. The van der Waals surface area contributed by atoms with Gasteiger partial charge in [0.25, 0.3) is 0 Å². The molecule has 0 aromatic heterocycles. The van der Waals surface area contributed by atoms with Crippen LogP contribution in [0.4, 0.5) is 0 Å².